The third kappa shape index (κ3) is 4.23. The molecule has 1 fully saturated rings. The van der Waals surface area contributed by atoms with Gasteiger partial charge in [0.15, 0.2) is 0 Å². The maximum Gasteiger partial charge on any atom is 0.0462 e. The van der Waals surface area contributed by atoms with Crippen LogP contribution in [0.25, 0.3) is 0 Å². The van der Waals surface area contributed by atoms with Crippen LogP contribution in [0.4, 0.5) is 0 Å². The monoisotopic (exact) mass is 242 g/mol. The molecule has 0 aliphatic heterocycles. The van der Waals surface area contributed by atoms with Crippen LogP contribution >= 0.6 is 0 Å². The Kier molecular flexibility index (Phi) is 6.45. The summed E-state index contributed by atoms with van der Waals surface area (Å²) in [6.45, 7) is 5.19. The smallest absolute Gasteiger partial charge is 0.0462 e. The van der Waals surface area contributed by atoms with Crippen molar-refractivity contribution in [1.82, 2.24) is 4.90 Å². The lowest BCUT2D eigenvalue weighted by molar-refractivity contribution is 0.0583. The number of likely N-dealkylation sites (N-methyl/N-ethyl adjacent to an activating group) is 1. The predicted molar refractivity (Wildman–Crippen MR) is 73.2 cm³/mol. The minimum atomic E-state index is 0.269. The van der Waals surface area contributed by atoms with Crippen molar-refractivity contribution in [3.05, 3.63) is 0 Å². The molecule has 1 aliphatic rings. The predicted octanol–water partition coefficient (Wildman–Crippen LogP) is 2.25. The molecule has 3 heteroatoms. The molecular weight excluding hydrogens is 212 g/mol. The van der Waals surface area contributed by atoms with Gasteiger partial charge in [-0.05, 0) is 45.2 Å². The molecule has 0 amide bonds. The van der Waals surface area contributed by atoms with Crippen molar-refractivity contribution in [2.24, 2.45) is 11.7 Å². The summed E-state index contributed by atoms with van der Waals surface area (Å²) in [5, 5.41) is 0. The summed E-state index contributed by atoms with van der Waals surface area (Å²) in [5.41, 5.74) is 6.33. The number of nitrogens with two attached hydrogens (primary N) is 1. The van der Waals surface area contributed by atoms with Gasteiger partial charge in [-0.1, -0.05) is 19.8 Å². The van der Waals surface area contributed by atoms with Crippen LogP contribution in [0.5, 0.6) is 0 Å². The van der Waals surface area contributed by atoms with Gasteiger partial charge in [0.25, 0.3) is 0 Å². The van der Waals surface area contributed by atoms with Gasteiger partial charge in [0.1, 0.15) is 0 Å². The van der Waals surface area contributed by atoms with E-state index in [0.717, 1.165) is 32.0 Å². The quantitative estimate of drug-likeness (QED) is 0.696. The summed E-state index contributed by atoms with van der Waals surface area (Å²) in [4.78, 5) is 2.51. The summed E-state index contributed by atoms with van der Waals surface area (Å²) in [6, 6.07) is 0. The van der Waals surface area contributed by atoms with Gasteiger partial charge in [0.2, 0.25) is 0 Å². The Morgan fingerprint density at radius 3 is 2.76 bits per heavy atom. The van der Waals surface area contributed by atoms with Crippen molar-refractivity contribution in [3.63, 3.8) is 0 Å². The van der Waals surface area contributed by atoms with Gasteiger partial charge in [-0.3, -0.25) is 4.90 Å². The molecule has 102 valence electrons. The molecular formula is C14H30N2O. The Hall–Kier alpha value is -0.120. The topological polar surface area (TPSA) is 38.5 Å². The fourth-order valence-corrected chi connectivity index (χ4v) is 3.15. The lowest BCUT2D eigenvalue weighted by Gasteiger charge is -2.46. The van der Waals surface area contributed by atoms with Gasteiger partial charge in [-0.25, -0.2) is 0 Å². The first-order valence-corrected chi connectivity index (χ1v) is 7.05. The van der Waals surface area contributed by atoms with E-state index in [1.54, 1.807) is 7.11 Å². The number of nitrogens with zero attached hydrogens (tertiary/aromatic N) is 1. The molecule has 2 unspecified atom stereocenters. The van der Waals surface area contributed by atoms with E-state index in [1.807, 2.05) is 0 Å². The van der Waals surface area contributed by atoms with Crippen LogP contribution in [0.15, 0.2) is 0 Å². The lowest BCUT2D eigenvalue weighted by Crippen LogP contribution is -2.54. The number of hydrogen-bond acceptors (Lipinski definition) is 3. The average molecular weight is 242 g/mol. The normalized spacial score (nSPS) is 29.8. The Balaban J connectivity index is 2.41. The SMILES string of the molecule is COCCCCN(C)C1(CN)CCCC(C)C1. The van der Waals surface area contributed by atoms with Crippen molar-refractivity contribution in [3.8, 4) is 0 Å². The molecule has 0 bridgehead atoms. The Bertz CT molecular complexity index is 210. The van der Waals surface area contributed by atoms with Gasteiger partial charge >= 0.3 is 0 Å². The van der Waals surface area contributed by atoms with E-state index in [-0.39, 0.29) is 5.54 Å². The summed E-state index contributed by atoms with van der Waals surface area (Å²) in [6.07, 6.45) is 7.61. The molecule has 0 radical (unpaired) electrons. The van der Waals surface area contributed by atoms with Gasteiger partial charge in [0.05, 0.1) is 0 Å². The van der Waals surface area contributed by atoms with Crippen LogP contribution in [0, 0.1) is 5.92 Å². The Morgan fingerprint density at radius 1 is 1.41 bits per heavy atom. The minimum absolute atomic E-state index is 0.269. The van der Waals surface area contributed by atoms with Crippen molar-refractivity contribution in [1.29, 1.82) is 0 Å². The molecule has 0 aromatic heterocycles. The highest BCUT2D eigenvalue weighted by Crippen LogP contribution is 2.35. The van der Waals surface area contributed by atoms with Crippen molar-refractivity contribution in [2.75, 3.05) is 33.9 Å². The average Bonchev–Trinajstić information content (AvgIpc) is 2.34. The first-order chi connectivity index (χ1) is 8.14. The molecule has 1 rings (SSSR count). The number of hydrogen-bond donors (Lipinski definition) is 1. The second kappa shape index (κ2) is 7.34. The lowest BCUT2D eigenvalue weighted by atomic mass is 9.75. The number of ether oxygens (including phenoxy) is 1. The van der Waals surface area contributed by atoms with Crippen LogP contribution in [0.1, 0.15) is 45.4 Å². The Morgan fingerprint density at radius 2 is 2.18 bits per heavy atom. The minimum Gasteiger partial charge on any atom is -0.385 e. The van der Waals surface area contributed by atoms with Gasteiger partial charge in [-0.15, -0.1) is 0 Å². The molecule has 0 spiro atoms. The molecule has 1 saturated carbocycles. The standard InChI is InChI=1S/C14H30N2O/c1-13-7-6-8-14(11-13,12-15)16(2)9-4-5-10-17-3/h13H,4-12,15H2,1-3H3. The van der Waals surface area contributed by atoms with E-state index in [0.29, 0.717) is 0 Å². The van der Waals surface area contributed by atoms with Crippen LogP contribution in [0.3, 0.4) is 0 Å². The molecule has 0 aromatic carbocycles. The summed E-state index contributed by atoms with van der Waals surface area (Å²) < 4.78 is 5.09. The molecule has 3 nitrogen and oxygen atoms in total. The highest BCUT2D eigenvalue weighted by molar-refractivity contribution is 4.94. The van der Waals surface area contributed by atoms with Gasteiger partial charge in [-0.2, -0.15) is 0 Å². The van der Waals surface area contributed by atoms with E-state index < -0.39 is 0 Å². The zero-order chi connectivity index (χ0) is 12.7. The molecule has 2 atom stereocenters. The molecule has 0 aromatic rings. The fraction of sp³-hybridized carbons (Fsp3) is 1.00. The maximum atomic E-state index is 6.07. The van der Waals surface area contributed by atoms with Crippen LogP contribution < -0.4 is 5.73 Å². The van der Waals surface area contributed by atoms with E-state index in [2.05, 4.69) is 18.9 Å². The van der Waals surface area contributed by atoms with E-state index in [9.17, 15) is 0 Å². The van der Waals surface area contributed by atoms with Crippen LogP contribution in [-0.2, 0) is 4.74 Å². The second-order valence-electron chi connectivity index (χ2n) is 5.75. The number of rotatable bonds is 7. The largest absolute Gasteiger partial charge is 0.385 e. The maximum absolute atomic E-state index is 6.07. The summed E-state index contributed by atoms with van der Waals surface area (Å²) >= 11 is 0. The first-order valence-electron chi connectivity index (χ1n) is 7.05. The summed E-state index contributed by atoms with van der Waals surface area (Å²) in [5.74, 6) is 0.828. The van der Waals surface area contributed by atoms with Gasteiger partial charge < -0.3 is 10.5 Å². The van der Waals surface area contributed by atoms with Crippen LogP contribution in [-0.4, -0.2) is 44.3 Å². The molecule has 17 heavy (non-hydrogen) atoms. The molecule has 0 saturated heterocycles. The molecule has 0 heterocycles. The zero-order valence-corrected chi connectivity index (χ0v) is 11.9. The van der Waals surface area contributed by atoms with E-state index in [1.165, 1.54) is 32.1 Å². The zero-order valence-electron chi connectivity index (χ0n) is 11.9. The third-order valence-corrected chi connectivity index (χ3v) is 4.35. The first kappa shape index (κ1) is 14.9. The highest BCUT2D eigenvalue weighted by atomic mass is 16.5. The van der Waals surface area contributed by atoms with E-state index in [4.69, 9.17) is 10.5 Å². The number of methoxy groups -OCH3 is 1. The van der Waals surface area contributed by atoms with Crippen molar-refractivity contribution in [2.45, 2.75) is 51.0 Å². The Labute approximate surface area is 107 Å². The van der Waals surface area contributed by atoms with Gasteiger partial charge in [0, 0.05) is 25.8 Å². The van der Waals surface area contributed by atoms with Crippen molar-refractivity contribution < 1.29 is 4.74 Å². The molecule has 1 aliphatic carbocycles. The van der Waals surface area contributed by atoms with Crippen molar-refractivity contribution >= 4 is 0 Å². The second-order valence-corrected chi connectivity index (χ2v) is 5.75. The van der Waals surface area contributed by atoms with Crippen LogP contribution in [0.2, 0.25) is 0 Å². The van der Waals surface area contributed by atoms with E-state index >= 15 is 0 Å². The molecule has 2 N–H and O–H groups in total. The third-order valence-electron chi connectivity index (χ3n) is 4.35. The highest BCUT2D eigenvalue weighted by Gasteiger charge is 2.36. The summed E-state index contributed by atoms with van der Waals surface area (Å²) in [7, 11) is 4.02. The number of unbranched alkanes of at least 4 members (excludes halogenated alkanes) is 1. The fourth-order valence-electron chi connectivity index (χ4n) is 3.15.